The van der Waals surface area contributed by atoms with Gasteiger partial charge >= 0.3 is 12.2 Å². The fourth-order valence-corrected chi connectivity index (χ4v) is 6.84. The summed E-state index contributed by atoms with van der Waals surface area (Å²) in [6.45, 7) is 8.27. The van der Waals surface area contributed by atoms with Gasteiger partial charge in [-0.2, -0.15) is 0 Å². The van der Waals surface area contributed by atoms with Gasteiger partial charge in [-0.25, -0.2) is 9.59 Å². The average molecular weight is 720 g/mol. The standard InChI is InChI=1S/C39H53N5O8/c1-24(2)33(41-38(49)51-5)36(47)43-21-7-9-30(43)32(45)23-28-15-13-26(14-16-28)11-12-27-17-19-29(20-18-27)40-35(46)31-10-8-22-44(31)37(48)34(25(3)4)42-39(50)52-6/h13-20,24-25,30-31,33-34H,7-12,21-23H2,1-6H3,(H,40,46)(H,41,49)(H,42,50)/t30-,31-,33-,34-/m0/s1. The molecule has 0 aromatic heterocycles. The molecule has 13 heteroatoms. The summed E-state index contributed by atoms with van der Waals surface area (Å²) < 4.78 is 9.37. The van der Waals surface area contributed by atoms with Gasteiger partial charge in [-0.3, -0.25) is 19.2 Å². The molecule has 2 aliphatic rings. The Labute approximate surface area is 306 Å². The molecule has 0 saturated carbocycles. The molecular weight excluding hydrogens is 666 g/mol. The Morgan fingerprint density at radius 2 is 1.08 bits per heavy atom. The van der Waals surface area contributed by atoms with Crippen molar-refractivity contribution >= 4 is 41.4 Å². The van der Waals surface area contributed by atoms with Crippen LogP contribution in [0.2, 0.25) is 0 Å². The molecule has 2 aromatic rings. The fourth-order valence-electron chi connectivity index (χ4n) is 6.84. The molecule has 0 bridgehead atoms. The number of rotatable bonds is 14. The summed E-state index contributed by atoms with van der Waals surface area (Å²) >= 11 is 0. The summed E-state index contributed by atoms with van der Waals surface area (Å²) in [5.74, 6) is -1.19. The second kappa shape index (κ2) is 18.5. The van der Waals surface area contributed by atoms with Gasteiger partial charge in [0.25, 0.3) is 0 Å². The van der Waals surface area contributed by atoms with Gasteiger partial charge in [0.2, 0.25) is 17.7 Å². The van der Waals surface area contributed by atoms with E-state index in [2.05, 4.69) is 25.4 Å². The molecule has 282 valence electrons. The van der Waals surface area contributed by atoms with E-state index in [0.717, 1.165) is 36.0 Å². The van der Waals surface area contributed by atoms with E-state index in [4.69, 9.17) is 0 Å². The van der Waals surface area contributed by atoms with Crippen molar-refractivity contribution in [1.82, 2.24) is 20.4 Å². The molecule has 0 unspecified atom stereocenters. The zero-order chi connectivity index (χ0) is 37.9. The minimum atomic E-state index is -0.791. The second-order valence-electron chi connectivity index (χ2n) is 14.2. The van der Waals surface area contributed by atoms with Crippen LogP contribution >= 0.6 is 0 Å². The van der Waals surface area contributed by atoms with E-state index in [0.29, 0.717) is 38.0 Å². The number of nitrogens with one attached hydrogen (secondary N) is 3. The lowest BCUT2D eigenvalue weighted by atomic mass is 9.98. The molecule has 52 heavy (non-hydrogen) atoms. The number of ketones is 1. The summed E-state index contributed by atoms with van der Waals surface area (Å²) in [5, 5.41) is 8.16. The van der Waals surface area contributed by atoms with E-state index in [9.17, 15) is 28.8 Å². The number of alkyl carbamates (subject to hydrolysis) is 2. The minimum absolute atomic E-state index is 0.0195. The highest BCUT2D eigenvalue weighted by molar-refractivity contribution is 5.98. The van der Waals surface area contributed by atoms with Crippen molar-refractivity contribution in [3.8, 4) is 0 Å². The maximum Gasteiger partial charge on any atom is 0.407 e. The first-order valence-electron chi connectivity index (χ1n) is 18.1. The summed E-state index contributed by atoms with van der Waals surface area (Å²) in [7, 11) is 2.50. The highest BCUT2D eigenvalue weighted by atomic mass is 16.5. The number of benzene rings is 2. The first-order valence-corrected chi connectivity index (χ1v) is 18.1. The predicted molar refractivity (Wildman–Crippen MR) is 195 cm³/mol. The monoisotopic (exact) mass is 719 g/mol. The Morgan fingerprint density at radius 3 is 1.54 bits per heavy atom. The van der Waals surface area contributed by atoms with E-state index in [-0.39, 0.29) is 41.8 Å². The average Bonchev–Trinajstić information content (AvgIpc) is 3.83. The Morgan fingerprint density at radius 1 is 0.654 bits per heavy atom. The highest BCUT2D eigenvalue weighted by Gasteiger charge is 2.40. The SMILES string of the molecule is COC(=O)N[C@H](C(=O)N1CCC[C@H]1C(=O)Cc1ccc(CCc2ccc(NC(=O)[C@@H]3CCCN3C(=O)[C@@H](NC(=O)OC)C(C)C)cc2)cc1)C(C)C. The van der Waals surface area contributed by atoms with Gasteiger partial charge in [-0.15, -0.1) is 0 Å². The quantitative estimate of drug-likeness (QED) is 0.261. The smallest absolute Gasteiger partial charge is 0.407 e. The number of hydrogen-bond donors (Lipinski definition) is 3. The van der Waals surface area contributed by atoms with Crippen LogP contribution < -0.4 is 16.0 Å². The number of nitrogens with zero attached hydrogens (tertiary/aromatic N) is 2. The molecule has 0 spiro atoms. The van der Waals surface area contributed by atoms with Crippen molar-refractivity contribution in [3.63, 3.8) is 0 Å². The van der Waals surface area contributed by atoms with Gasteiger partial charge in [0, 0.05) is 25.2 Å². The number of carbonyl (C=O) groups is 6. The third-order valence-corrected chi connectivity index (χ3v) is 9.85. The third kappa shape index (κ3) is 10.3. The van der Waals surface area contributed by atoms with Crippen LogP contribution in [0.1, 0.15) is 70.1 Å². The Bertz CT molecular complexity index is 1460. The van der Waals surface area contributed by atoms with Crippen LogP contribution in [-0.2, 0) is 47.9 Å². The lowest BCUT2D eigenvalue weighted by Crippen LogP contribution is -2.54. The molecule has 2 fully saturated rings. The van der Waals surface area contributed by atoms with Crippen molar-refractivity contribution in [2.75, 3.05) is 32.6 Å². The van der Waals surface area contributed by atoms with E-state index in [1.165, 1.54) is 14.2 Å². The van der Waals surface area contributed by atoms with Gasteiger partial charge in [-0.05, 0) is 79.2 Å². The molecule has 3 N–H and O–H groups in total. The largest absolute Gasteiger partial charge is 0.453 e. The van der Waals surface area contributed by atoms with Crippen LogP contribution in [0, 0.1) is 11.8 Å². The van der Waals surface area contributed by atoms with Crippen LogP contribution in [-0.4, -0.2) is 97.0 Å². The Balaban J connectivity index is 1.27. The zero-order valence-corrected chi connectivity index (χ0v) is 31.1. The third-order valence-electron chi connectivity index (χ3n) is 9.85. The van der Waals surface area contributed by atoms with E-state index in [1.807, 2.05) is 76.2 Å². The fraction of sp³-hybridized carbons (Fsp3) is 0.538. The number of methoxy groups -OCH3 is 2. The molecule has 0 radical (unpaired) electrons. The van der Waals surface area contributed by atoms with Gasteiger partial charge in [0.15, 0.2) is 5.78 Å². The number of aryl methyl sites for hydroxylation is 2. The van der Waals surface area contributed by atoms with E-state index < -0.39 is 36.4 Å². The molecule has 2 aliphatic heterocycles. The van der Waals surface area contributed by atoms with Gasteiger partial charge in [-0.1, -0.05) is 64.1 Å². The number of Topliss-reactive ketones (excluding diaryl/α,β-unsaturated/α-hetero) is 1. The van der Waals surface area contributed by atoms with Crippen molar-refractivity contribution in [2.45, 2.75) is 96.8 Å². The maximum atomic E-state index is 13.3. The van der Waals surface area contributed by atoms with E-state index >= 15 is 0 Å². The van der Waals surface area contributed by atoms with Crippen LogP contribution in [0.3, 0.4) is 0 Å². The number of carbonyl (C=O) groups excluding carboxylic acids is 6. The van der Waals surface area contributed by atoms with Crippen molar-refractivity contribution in [2.24, 2.45) is 11.8 Å². The second-order valence-corrected chi connectivity index (χ2v) is 14.2. The van der Waals surface area contributed by atoms with Gasteiger partial charge < -0.3 is 35.2 Å². The summed E-state index contributed by atoms with van der Waals surface area (Å²) in [4.78, 5) is 80.0. The Kier molecular flexibility index (Phi) is 14.2. The van der Waals surface area contributed by atoms with Gasteiger partial charge in [0.1, 0.15) is 18.1 Å². The number of anilines is 1. The van der Waals surface area contributed by atoms with Crippen LogP contribution in [0.25, 0.3) is 0 Å². The minimum Gasteiger partial charge on any atom is -0.453 e. The number of ether oxygens (including phenoxy) is 2. The first kappa shape index (κ1) is 39.8. The molecule has 4 rings (SSSR count). The molecule has 2 heterocycles. The van der Waals surface area contributed by atoms with Crippen LogP contribution in [0.5, 0.6) is 0 Å². The van der Waals surface area contributed by atoms with Crippen molar-refractivity contribution in [1.29, 1.82) is 0 Å². The lowest BCUT2D eigenvalue weighted by Gasteiger charge is -2.30. The van der Waals surface area contributed by atoms with Crippen LogP contribution in [0.4, 0.5) is 15.3 Å². The lowest BCUT2D eigenvalue weighted by molar-refractivity contribution is -0.139. The van der Waals surface area contributed by atoms with Crippen molar-refractivity contribution < 1.29 is 38.2 Å². The van der Waals surface area contributed by atoms with Gasteiger partial charge in [0.05, 0.1) is 20.3 Å². The molecule has 5 amide bonds. The van der Waals surface area contributed by atoms with Crippen molar-refractivity contribution in [3.05, 3.63) is 65.2 Å². The molecule has 0 aliphatic carbocycles. The summed E-state index contributed by atoms with van der Waals surface area (Å²) in [6, 6.07) is 12.9. The molecule has 13 nitrogen and oxygen atoms in total. The number of hydrogen-bond acceptors (Lipinski definition) is 8. The summed E-state index contributed by atoms with van der Waals surface area (Å²) in [5.41, 5.74) is 3.73. The zero-order valence-electron chi connectivity index (χ0n) is 31.1. The highest BCUT2D eigenvalue weighted by Crippen LogP contribution is 2.24. The molecule has 2 aromatic carbocycles. The number of likely N-dealkylation sites (tertiary alicyclic amines) is 2. The first-order chi connectivity index (χ1) is 24.8. The Hall–Kier alpha value is -4.94. The normalized spacial score (nSPS) is 18.2. The summed E-state index contributed by atoms with van der Waals surface area (Å²) in [6.07, 6.45) is 2.97. The topological polar surface area (TPSA) is 163 Å². The van der Waals surface area contributed by atoms with Crippen LogP contribution in [0.15, 0.2) is 48.5 Å². The molecular formula is C39H53N5O8. The van der Waals surface area contributed by atoms with E-state index in [1.54, 1.807) is 9.80 Å². The number of amides is 5. The predicted octanol–water partition coefficient (Wildman–Crippen LogP) is 4.27. The molecule has 4 atom stereocenters. The molecule has 2 saturated heterocycles. The maximum absolute atomic E-state index is 13.3.